The molecular weight excluding hydrogens is 256 g/mol. The van der Waals surface area contributed by atoms with Crippen LogP contribution in [0.5, 0.6) is 0 Å². The van der Waals surface area contributed by atoms with Gasteiger partial charge in [0.15, 0.2) is 0 Å². The molecule has 1 atom stereocenters. The van der Waals surface area contributed by atoms with Crippen LogP contribution in [0.3, 0.4) is 0 Å². The predicted octanol–water partition coefficient (Wildman–Crippen LogP) is 2.66. The second-order valence-corrected chi connectivity index (χ2v) is 5.34. The molecule has 0 fully saturated rings. The van der Waals surface area contributed by atoms with Gasteiger partial charge in [-0.25, -0.2) is 0 Å². The first kappa shape index (κ1) is 14.0. The molecule has 6 heteroatoms. The molecule has 1 aliphatic heterocycles. The zero-order valence-electron chi connectivity index (χ0n) is 11.6. The van der Waals surface area contributed by atoms with Crippen molar-refractivity contribution < 1.29 is 4.92 Å². The van der Waals surface area contributed by atoms with Gasteiger partial charge in [-0.1, -0.05) is 0 Å². The maximum atomic E-state index is 10.7. The summed E-state index contributed by atoms with van der Waals surface area (Å²) in [7, 11) is 0. The number of nitro benzene ring substituents is 1. The number of hydrogen-bond donors (Lipinski definition) is 1. The van der Waals surface area contributed by atoms with Crippen LogP contribution in [0.4, 0.5) is 5.69 Å². The lowest BCUT2D eigenvalue weighted by atomic mass is 10.00. The summed E-state index contributed by atoms with van der Waals surface area (Å²) >= 11 is 0. The Labute approximate surface area is 117 Å². The van der Waals surface area contributed by atoms with Crippen LogP contribution in [0.2, 0.25) is 0 Å². The molecule has 6 nitrogen and oxygen atoms in total. The number of hydrazine groups is 1. The maximum Gasteiger partial charge on any atom is 0.269 e. The summed E-state index contributed by atoms with van der Waals surface area (Å²) in [5, 5.41) is 22.0. The van der Waals surface area contributed by atoms with E-state index >= 15 is 0 Å². The second kappa shape index (κ2) is 4.94. The Morgan fingerprint density at radius 1 is 1.40 bits per heavy atom. The third kappa shape index (κ3) is 2.49. The van der Waals surface area contributed by atoms with Crippen LogP contribution in [0, 0.1) is 21.4 Å². The smallest absolute Gasteiger partial charge is 0.269 e. The van der Waals surface area contributed by atoms with E-state index in [-0.39, 0.29) is 11.2 Å². The number of nitriles is 1. The minimum absolute atomic E-state index is 0.0217. The average molecular weight is 272 g/mol. The third-order valence-corrected chi connectivity index (χ3v) is 3.29. The highest BCUT2D eigenvalue weighted by molar-refractivity contribution is 5.36. The van der Waals surface area contributed by atoms with E-state index < -0.39 is 11.0 Å². The van der Waals surface area contributed by atoms with E-state index in [1.807, 2.05) is 31.9 Å². The van der Waals surface area contributed by atoms with E-state index in [2.05, 4.69) is 11.5 Å². The molecule has 1 aliphatic rings. The first-order valence-electron chi connectivity index (χ1n) is 6.24. The Morgan fingerprint density at radius 2 is 2.00 bits per heavy atom. The molecule has 0 bridgehead atoms. The van der Waals surface area contributed by atoms with Crippen LogP contribution in [-0.4, -0.2) is 15.5 Å². The normalized spacial score (nSPS) is 18.8. The van der Waals surface area contributed by atoms with Crippen molar-refractivity contribution in [2.45, 2.75) is 32.4 Å². The van der Waals surface area contributed by atoms with Gasteiger partial charge in [-0.15, -0.1) is 0 Å². The lowest BCUT2D eigenvalue weighted by Crippen LogP contribution is -2.46. The monoisotopic (exact) mass is 272 g/mol. The Morgan fingerprint density at radius 3 is 2.40 bits per heavy atom. The Hall–Kier alpha value is -2.39. The van der Waals surface area contributed by atoms with Crippen molar-refractivity contribution in [3.05, 3.63) is 51.7 Å². The quantitative estimate of drug-likeness (QED) is 0.675. The first-order valence-corrected chi connectivity index (χ1v) is 6.24. The standard InChI is InChI=1S/C14H16N4O2/c1-10-8-14(2,3)17(16-10)13(9-15)11-4-6-12(7-5-11)18(19)20/h4-8,13,16H,1-3H3/t13-/m1/s1. The largest absolute Gasteiger partial charge is 0.321 e. The van der Waals surface area contributed by atoms with Gasteiger partial charge in [0.2, 0.25) is 0 Å². The molecule has 104 valence electrons. The predicted molar refractivity (Wildman–Crippen MR) is 74.3 cm³/mol. The van der Waals surface area contributed by atoms with Gasteiger partial charge in [0.05, 0.1) is 16.5 Å². The van der Waals surface area contributed by atoms with Crippen molar-refractivity contribution in [2.75, 3.05) is 0 Å². The fraction of sp³-hybridized carbons (Fsp3) is 0.357. The topological polar surface area (TPSA) is 82.2 Å². The molecule has 0 radical (unpaired) electrons. The van der Waals surface area contributed by atoms with Crippen LogP contribution >= 0.6 is 0 Å². The highest BCUT2D eigenvalue weighted by Gasteiger charge is 2.36. The lowest BCUT2D eigenvalue weighted by Gasteiger charge is -2.34. The number of nitrogens with zero attached hydrogens (tertiary/aromatic N) is 3. The Balaban J connectivity index is 2.30. The summed E-state index contributed by atoms with van der Waals surface area (Å²) in [4.78, 5) is 10.2. The van der Waals surface area contributed by atoms with Gasteiger partial charge in [0.1, 0.15) is 6.04 Å². The SMILES string of the molecule is CC1=CC(C)(C)N([C@H](C#N)c2ccc([N+](=O)[O-])cc2)N1. The fourth-order valence-corrected chi connectivity index (χ4v) is 2.42. The molecule has 1 aromatic carbocycles. The fourth-order valence-electron chi connectivity index (χ4n) is 2.42. The molecule has 0 spiro atoms. The van der Waals surface area contributed by atoms with Crippen molar-refractivity contribution in [2.24, 2.45) is 0 Å². The van der Waals surface area contributed by atoms with Gasteiger partial charge in [-0.2, -0.15) is 10.3 Å². The minimum atomic E-state index is -0.514. The molecule has 0 aromatic heterocycles. The van der Waals surface area contributed by atoms with Gasteiger partial charge in [-0.3, -0.25) is 10.1 Å². The molecule has 1 aromatic rings. The lowest BCUT2D eigenvalue weighted by molar-refractivity contribution is -0.384. The number of hydrogen-bond acceptors (Lipinski definition) is 5. The Kier molecular flexibility index (Phi) is 3.47. The summed E-state index contributed by atoms with van der Waals surface area (Å²) < 4.78 is 0. The summed E-state index contributed by atoms with van der Waals surface area (Å²) in [6.07, 6.45) is 2.04. The van der Waals surface area contributed by atoms with Crippen molar-refractivity contribution in [3.63, 3.8) is 0 Å². The van der Waals surface area contributed by atoms with Crippen LogP contribution in [0.25, 0.3) is 0 Å². The van der Waals surface area contributed by atoms with Crippen LogP contribution in [0.15, 0.2) is 36.0 Å². The first-order chi connectivity index (χ1) is 9.35. The second-order valence-electron chi connectivity index (χ2n) is 5.34. The van der Waals surface area contributed by atoms with E-state index in [4.69, 9.17) is 0 Å². The molecule has 0 amide bonds. The molecular formula is C14H16N4O2. The summed E-state index contributed by atoms with van der Waals surface area (Å²) in [5.74, 6) is 0. The van der Waals surface area contributed by atoms with Gasteiger partial charge >= 0.3 is 0 Å². The zero-order chi connectivity index (χ0) is 14.9. The van der Waals surface area contributed by atoms with Crippen molar-refractivity contribution in [3.8, 4) is 6.07 Å². The van der Waals surface area contributed by atoms with Gasteiger partial charge in [-0.05, 0) is 44.5 Å². The van der Waals surface area contributed by atoms with E-state index in [0.717, 1.165) is 11.3 Å². The number of rotatable bonds is 3. The molecule has 1 N–H and O–H groups in total. The number of nitrogens with one attached hydrogen (secondary N) is 1. The van der Waals surface area contributed by atoms with E-state index in [9.17, 15) is 15.4 Å². The summed E-state index contributed by atoms with van der Waals surface area (Å²) in [6, 6.07) is 7.82. The average Bonchev–Trinajstić information content (AvgIpc) is 2.64. The summed E-state index contributed by atoms with van der Waals surface area (Å²) in [6.45, 7) is 5.95. The highest BCUT2D eigenvalue weighted by atomic mass is 16.6. The molecule has 0 saturated carbocycles. The third-order valence-electron chi connectivity index (χ3n) is 3.29. The molecule has 0 unspecified atom stereocenters. The van der Waals surface area contributed by atoms with E-state index in [1.165, 1.54) is 12.1 Å². The molecule has 20 heavy (non-hydrogen) atoms. The number of nitro groups is 1. The highest BCUT2D eigenvalue weighted by Crippen LogP contribution is 2.32. The number of allylic oxidation sites excluding steroid dienone is 1. The maximum absolute atomic E-state index is 10.7. The van der Waals surface area contributed by atoms with Gasteiger partial charge in [0, 0.05) is 17.8 Å². The van der Waals surface area contributed by atoms with Crippen molar-refractivity contribution in [1.29, 1.82) is 5.26 Å². The molecule has 2 rings (SSSR count). The zero-order valence-corrected chi connectivity index (χ0v) is 11.6. The van der Waals surface area contributed by atoms with Crippen molar-refractivity contribution >= 4 is 5.69 Å². The number of benzene rings is 1. The molecule has 0 aliphatic carbocycles. The van der Waals surface area contributed by atoms with Crippen LogP contribution in [0.1, 0.15) is 32.4 Å². The van der Waals surface area contributed by atoms with Crippen LogP contribution in [-0.2, 0) is 0 Å². The van der Waals surface area contributed by atoms with Gasteiger partial charge < -0.3 is 5.43 Å². The van der Waals surface area contributed by atoms with E-state index in [1.54, 1.807) is 12.1 Å². The minimum Gasteiger partial charge on any atom is -0.321 e. The van der Waals surface area contributed by atoms with E-state index in [0.29, 0.717) is 0 Å². The van der Waals surface area contributed by atoms with Gasteiger partial charge in [0.25, 0.3) is 5.69 Å². The Bertz CT molecular complexity index is 599. The van der Waals surface area contributed by atoms with Crippen molar-refractivity contribution in [1.82, 2.24) is 10.4 Å². The molecule has 0 saturated heterocycles. The summed E-state index contributed by atoms with van der Waals surface area (Å²) in [5.41, 5.74) is 4.60. The van der Waals surface area contributed by atoms with Crippen LogP contribution < -0.4 is 5.43 Å². The molecule has 1 heterocycles. The number of non-ortho nitro benzene ring substituents is 1.